The van der Waals surface area contributed by atoms with Crippen LogP contribution < -0.4 is 4.74 Å². The van der Waals surface area contributed by atoms with E-state index in [9.17, 15) is 8.78 Å². The topological polar surface area (TPSA) is 51.4 Å². The van der Waals surface area contributed by atoms with Crippen molar-refractivity contribution in [3.8, 4) is 17.1 Å². The van der Waals surface area contributed by atoms with Crippen LogP contribution in [0.1, 0.15) is 30.3 Å². The summed E-state index contributed by atoms with van der Waals surface area (Å²) in [6.07, 6.45) is 2.08. The Balaban J connectivity index is 1.52. The number of para-hydroxylation sites is 1. The number of likely N-dealkylation sites (tertiary alicyclic amines) is 1. The maximum atomic E-state index is 12.6. The molecule has 146 valence electrons. The molecule has 2 heterocycles. The lowest BCUT2D eigenvalue weighted by molar-refractivity contribution is -0.0494. The van der Waals surface area contributed by atoms with Crippen molar-refractivity contribution >= 4 is 11.6 Å². The molecule has 28 heavy (non-hydrogen) atoms. The van der Waals surface area contributed by atoms with Gasteiger partial charge in [-0.15, -0.1) is 0 Å². The molecule has 1 aliphatic rings. The lowest BCUT2D eigenvalue weighted by Crippen LogP contribution is -2.22. The molecule has 0 spiro atoms. The number of aromatic nitrogens is 2. The minimum absolute atomic E-state index is 0.0165. The fourth-order valence-corrected chi connectivity index (χ4v) is 3.76. The molecule has 1 unspecified atom stereocenters. The van der Waals surface area contributed by atoms with Crippen molar-refractivity contribution in [1.82, 2.24) is 15.0 Å². The highest BCUT2D eigenvalue weighted by molar-refractivity contribution is 6.30. The highest BCUT2D eigenvalue weighted by Gasteiger charge is 2.28. The summed E-state index contributed by atoms with van der Waals surface area (Å²) in [6.45, 7) is -1.54. The summed E-state index contributed by atoms with van der Waals surface area (Å²) in [5.41, 5.74) is 1.52. The molecule has 3 aromatic rings. The average molecular weight is 406 g/mol. The maximum absolute atomic E-state index is 12.6. The molecule has 1 aliphatic heterocycles. The molecule has 0 N–H and O–H groups in total. The van der Waals surface area contributed by atoms with Gasteiger partial charge in [-0.3, -0.25) is 4.90 Å². The molecule has 4 rings (SSSR count). The quantitative estimate of drug-likeness (QED) is 0.555. The molecule has 5 nitrogen and oxygen atoms in total. The van der Waals surface area contributed by atoms with Crippen molar-refractivity contribution in [3.63, 3.8) is 0 Å². The van der Waals surface area contributed by atoms with Crippen LogP contribution in [0.2, 0.25) is 5.02 Å². The van der Waals surface area contributed by atoms with Gasteiger partial charge in [0.05, 0.1) is 12.1 Å². The first kappa shape index (κ1) is 18.8. The second kappa shape index (κ2) is 8.24. The van der Waals surface area contributed by atoms with Crippen LogP contribution in [0.3, 0.4) is 0 Å². The number of ether oxygens (including phenoxy) is 1. The van der Waals surface area contributed by atoms with Gasteiger partial charge in [0.1, 0.15) is 5.75 Å². The maximum Gasteiger partial charge on any atom is 0.387 e. The molecule has 1 atom stereocenters. The lowest BCUT2D eigenvalue weighted by Gasteiger charge is -2.23. The Morgan fingerprint density at radius 1 is 1.21 bits per heavy atom. The van der Waals surface area contributed by atoms with Gasteiger partial charge in [-0.25, -0.2) is 0 Å². The molecule has 1 fully saturated rings. The van der Waals surface area contributed by atoms with E-state index in [0.29, 0.717) is 23.0 Å². The van der Waals surface area contributed by atoms with Crippen LogP contribution in [0.4, 0.5) is 8.78 Å². The fraction of sp³-hybridized carbons (Fsp3) is 0.300. The van der Waals surface area contributed by atoms with Gasteiger partial charge in [0.25, 0.3) is 0 Å². The predicted molar refractivity (Wildman–Crippen MR) is 100 cm³/mol. The van der Waals surface area contributed by atoms with E-state index in [0.717, 1.165) is 24.9 Å². The largest absolute Gasteiger partial charge is 0.434 e. The Morgan fingerprint density at radius 3 is 2.89 bits per heavy atom. The van der Waals surface area contributed by atoms with Crippen LogP contribution in [0.5, 0.6) is 5.75 Å². The van der Waals surface area contributed by atoms with E-state index in [2.05, 4.69) is 25.8 Å². The first-order chi connectivity index (χ1) is 13.6. The van der Waals surface area contributed by atoms with Gasteiger partial charge in [0.2, 0.25) is 11.7 Å². The third-order valence-electron chi connectivity index (χ3n) is 4.75. The van der Waals surface area contributed by atoms with Crippen LogP contribution in [0.15, 0.2) is 53.1 Å². The van der Waals surface area contributed by atoms with E-state index in [1.165, 1.54) is 6.07 Å². The highest BCUT2D eigenvalue weighted by atomic mass is 35.5. The Labute approximate surface area is 165 Å². The number of hydrogen-bond donors (Lipinski definition) is 0. The van der Waals surface area contributed by atoms with E-state index in [1.807, 2.05) is 18.2 Å². The Kier molecular flexibility index (Phi) is 5.54. The van der Waals surface area contributed by atoms with E-state index < -0.39 is 6.61 Å². The molecule has 0 saturated carbocycles. The summed E-state index contributed by atoms with van der Waals surface area (Å²) < 4.78 is 35.2. The Hall–Kier alpha value is -2.51. The molecule has 2 aromatic carbocycles. The monoisotopic (exact) mass is 405 g/mol. The molecule has 0 aliphatic carbocycles. The number of nitrogens with zero attached hydrogens (tertiary/aromatic N) is 3. The SMILES string of the molecule is FC(F)Oc1ccccc1-c1noc(CN2CCCC2c2cccc(Cl)c2)n1. The van der Waals surface area contributed by atoms with E-state index in [-0.39, 0.29) is 17.6 Å². The highest BCUT2D eigenvalue weighted by Crippen LogP contribution is 2.34. The van der Waals surface area contributed by atoms with Gasteiger partial charge < -0.3 is 9.26 Å². The normalized spacial score (nSPS) is 17.4. The summed E-state index contributed by atoms with van der Waals surface area (Å²) in [4.78, 5) is 6.64. The van der Waals surface area contributed by atoms with E-state index >= 15 is 0 Å². The summed E-state index contributed by atoms with van der Waals surface area (Å²) >= 11 is 6.13. The van der Waals surface area contributed by atoms with Gasteiger partial charge in [0.15, 0.2) is 0 Å². The molecule has 0 amide bonds. The smallest absolute Gasteiger partial charge is 0.387 e. The van der Waals surface area contributed by atoms with Crippen LogP contribution in [-0.2, 0) is 6.54 Å². The third-order valence-corrected chi connectivity index (χ3v) is 4.98. The van der Waals surface area contributed by atoms with Gasteiger partial charge in [-0.1, -0.05) is 41.0 Å². The molecular formula is C20H18ClF2N3O2. The van der Waals surface area contributed by atoms with Gasteiger partial charge in [0, 0.05) is 11.1 Å². The standard InChI is InChI=1S/C20H18ClF2N3O2/c21-14-6-3-5-13(11-14)16-8-4-10-26(16)12-18-24-19(25-28-18)15-7-1-2-9-17(15)27-20(22)23/h1-3,5-7,9,11,16,20H,4,8,10,12H2. The Morgan fingerprint density at radius 2 is 2.07 bits per heavy atom. The molecular weight excluding hydrogens is 388 g/mol. The van der Waals surface area contributed by atoms with Gasteiger partial charge in [-0.2, -0.15) is 13.8 Å². The first-order valence-corrected chi connectivity index (χ1v) is 9.34. The van der Waals surface area contributed by atoms with Crippen LogP contribution in [0.25, 0.3) is 11.4 Å². The number of halogens is 3. The van der Waals surface area contributed by atoms with Crippen molar-refractivity contribution in [3.05, 3.63) is 65.0 Å². The molecule has 0 bridgehead atoms. The minimum atomic E-state index is -2.92. The van der Waals surface area contributed by atoms with E-state index in [4.69, 9.17) is 16.1 Å². The number of benzene rings is 2. The lowest BCUT2D eigenvalue weighted by atomic mass is 10.0. The fourth-order valence-electron chi connectivity index (χ4n) is 3.56. The van der Waals surface area contributed by atoms with Crippen molar-refractivity contribution in [2.24, 2.45) is 0 Å². The van der Waals surface area contributed by atoms with Crippen molar-refractivity contribution in [1.29, 1.82) is 0 Å². The number of alkyl halides is 2. The zero-order valence-corrected chi connectivity index (χ0v) is 15.6. The minimum Gasteiger partial charge on any atom is -0.434 e. The van der Waals surface area contributed by atoms with E-state index in [1.54, 1.807) is 18.2 Å². The molecule has 8 heteroatoms. The summed E-state index contributed by atoms with van der Waals surface area (Å²) in [5.74, 6) is 0.670. The van der Waals surface area contributed by atoms with Crippen LogP contribution >= 0.6 is 11.6 Å². The zero-order valence-electron chi connectivity index (χ0n) is 14.9. The van der Waals surface area contributed by atoms with Gasteiger partial charge >= 0.3 is 6.61 Å². The number of rotatable bonds is 6. The number of hydrogen-bond acceptors (Lipinski definition) is 5. The summed E-state index contributed by atoms with van der Waals surface area (Å²) in [7, 11) is 0. The van der Waals surface area contributed by atoms with Crippen molar-refractivity contribution in [2.75, 3.05) is 6.54 Å². The van der Waals surface area contributed by atoms with Crippen LogP contribution in [-0.4, -0.2) is 28.2 Å². The second-order valence-electron chi connectivity index (χ2n) is 6.57. The summed E-state index contributed by atoms with van der Waals surface area (Å²) in [6, 6.07) is 14.5. The Bertz CT molecular complexity index is 950. The molecule has 0 radical (unpaired) electrons. The molecule has 1 aromatic heterocycles. The molecule has 1 saturated heterocycles. The zero-order chi connectivity index (χ0) is 19.5. The third kappa shape index (κ3) is 4.15. The second-order valence-corrected chi connectivity index (χ2v) is 7.01. The van der Waals surface area contributed by atoms with Gasteiger partial charge in [-0.05, 0) is 49.2 Å². The van der Waals surface area contributed by atoms with Crippen molar-refractivity contribution in [2.45, 2.75) is 32.0 Å². The average Bonchev–Trinajstić information content (AvgIpc) is 3.32. The van der Waals surface area contributed by atoms with Crippen molar-refractivity contribution < 1.29 is 18.0 Å². The summed E-state index contributed by atoms with van der Waals surface area (Å²) in [5, 5.41) is 4.66. The van der Waals surface area contributed by atoms with Crippen LogP contribution in [0, 0.1) is 0 Å². The predicted octanol–water partition coefficient (Wildman–Crippen LogP) is 5.33. The first-order valence-electron chi connectivity index (χ1n) is 8.96.